The minimum absolute atomic E-state index is 0.0579. The molecule has 28 heavy (non-hydrogen) atoms. The van der Waals surface area contributed by atoms with E-state index in [1.807, 2.05) is 42.5 Å². The number of rotatable bonds is 9. The number of ether oxygens (including phenoxy) is 2. The number of carboxylic acids is 1. The lowest BCUT2D eigenvalue weighted by Gasteiger charge is -2.14. The van der Waals surface area contributed by atoms with Crippen LogP contribution in [0.2, 0.25) is 0 Å². The summed E-state index contributed by atoms with van der Waals surface area (Å²) in [4.78, 5) is 15.1. The molecule has 146 valence electrons. The van der Waals surface area contributed by atoms with E-state index in [1.54, 1.807) is 5.38 Å². The molecule has 3 rings (SSSR count). The summed E-state index contributed by atoms with van der Waals surface area (Å²) >= 11 is 1.44. The summed E-state index contributed by atoms with van der Waals surface area (Å²) < 4.78 is 11.6. The molecule has 0 atom stereocenters. The van der Waals surface area contributed by atoms with E-state index in [4.69, 9.17) is 14.6 Å². The summed E-state index contributed by atoms with van der Waals surface area (Å²) in [6, 6.07) is 15.7. The molecule has 2 aromatic carbocycles. The molecule has 0 radical (unpaired) electrons. The predicted molar refractivity (Wildman–Crippen MR) is 110 cm³/mol. The Labute approximate surface area is 168 Å². The van der Waals surface area contributed by atoms with Crippen LogP contribution in [0.4, 0.5) is 0 Å². The molecule has 0 saturated carbocycles. The van der Waals surface area contributed by atoms with Crippen molar-refractivity contribution in [2.75, 3.05) is 13.2 Å². The smallest absolute Gasteiger partial charge is 0.309 e. The monoisotopic (exact) mass is 397 g/mol. The summed E-state index contributed by atoms with van der Waals surface area (Å²) in [5, 5.41) is 11.4. The Kier molecular flexibility index (Phi) is 6.66. The average Bonchev–Trinajstić information content (AvgIpc) is 3.13. The molecule has 6 heteroatoms. The molecule has 5 nitrogen and oxygen atoms in total. The van der Waals surface area contributed by atoms with Crippen LogP contribution in [0.15, 0.2) is 53.9 Å². The van der Waals surface area contributed by atoms with Gasteiger partial charge < -0.3 is 14.6 Å². The normalized spacial score (nSPS) is 10.8. The van der Waals surface area contributed by atoms with Crippen molar-refractivity contribution >= 4 is 17.3 Å². The third-order valence-electron chi connectivity index (χ3n) is 4.14. The third kappa shape index (κ3) is 5.33. The van der Waals surface area contributed by atoms with Crippen molar-refractivity contribution in [1.29, 1.82) is 0 Å². The summed E-state index contributed by atoms with van der Waals surface area (Å²) in [7, 11) is 0. The maximum absolute atomic E-state index is 10.8. The molecule has 0 unspecified atom stereocenters. The number of aliphatic carboxylic acids is 1. The Morgan fingerprint density at radius 3 is 2.50 bits per heavy atom. The van der Waals surface area contributed by atoms with E-state index in [0.717, 1.165) is 22.1 Å². The molecular formula is C22H23NO4S. The van der Waals surface area contributed by atoms with Crippen LogP contribution in [0, 0.1) is 0 Å². The molecule has 0 aliphatic carbocycles. The number of nitrogens with zero attached hydrogens (tertiary/aromatic N) is 1. The molecule has 0 aliphatic rings. The number of aromatic nitrogens is 1. The molecule has 0 spiro atoms. The Morgan fingerprint density at radius 1 is 1.07 bits per heavy atom. The first-order valence-corrected chi connectivity index (χ1v) is 10.0. The van der Waals surface area contributed by atoms with Gasteiger partial charge in [-0.3, -0.25) is 4.79 Å². The number of hydrogen-bond donors (Lipinski definition) is 1. The van der Waals surface area contributed by atoms with E-state index in [1.165, 1.54) is 16.9 Å². The fourth-order valence-corrected chi connectivity index (χ4v) is 3.60. The van der Waals surface area contributed by atoms with Crippen molar-refractivity contribution in [1.82, 2.24) is 4.98 Å². The number of benzene rings is 2. The zero-order valence-corrected chi connectivity index (χ0v) is 16.7. The van der Waals surface area contributed by atoms with Crippen LogP contribution in [0.1, 0.15) is 31.0 Å². The maximum atomic E-state index is 10.8. The number of carboxylic acid groups (broad SMARTS) is 1. The highest BCUT2D eigenvalue weighted by atomic mass is 32.1. The second kappa shape index (κ2) is 9.37. The maximum Gasteiger partial charge on any atom is 0.309 e. The highest BCUT2D eigenvalue weighted by molar-refractivity contribution is 7.13. The van der Waals surface area contributed by atoms with Crippen molar-refractivity contribution in [3.05, 3.63) is 65.2 Å². The van der Waals surface area contributed by atoms with Gasteiger partial charge in [0.2, 0.25) is 0 Å². The Morgan fingerprint density at radius 2 is 1.79 bits per heavy atom. The second-order valence-corrected chi connectivity index (χ2v) is 7.49. The Hall–Kier alpha value is -2.86. The van der Waals surface area contributed by atoms with Gasteiger partial charge in [-0.05, 0) is 41.8 Å². The molecular weight excluding hydrogens is 374 g/mol. The Balaban J connectivity index is 1.51. The van der Waals surface area contributed by atoms with E-state index in [9.17, 15) is 4.79 Å². The number of hydrogen-bond acceptors (Lipinski definition) is 5. The van der Waals surface area contributed by atoms with E-state index < -0.39 is 5.97 Å². The van der Waals surface area contributed by atoms with Gasteiger partial charge in [0.05, 0.1) is 12.1 Å². The molecule has 1 aromatic heterocycles. The van der Waals surface area contributed by atoms with Gasteiger partial charge in [-0.2, -0.15) is 0 Å². The first-order valence-electron chi connectivity index (χ1n) is 9.14. The zero-order chi connectivity index (χ0) is 19.9. The highest BCUT2D eigenvalue weighted by Gasteiger charge is 2.09. The highest BCUT2D eigenvalue weighted by Crippen LogP contribution is 2.27. The van der Waals surface area contributed by atoms with Crippen LogP contribution in [0.3, 0.4) is 0 Å². The lowest BCUT2D eigenvalue weighted by molar-refractivity contribution is -0.136. The van der Waals surface area contributed by atoms with Gasteiger partial charge >= 0.3 is 5.97 Å². The molecule has 0 amide bonds. The quantitative estimate of drug-likeness (QED) is 0.514. The van der Waals surface area contributed by atoms with Crippen LogP contribution in [-0.4, -0.2) is 29.3 Å². The number of carbonyl (C=O) groups is 1. The van der Waals surface area contributed by atoms with Gasteiger partial charge in [-0.25, -0.2) is 4.98 Å². The van der Waals surface area contributed by atoms with E-state index in [-0.39, 0.29) is 6.42 Å². The molecule has 3 aromatic rings. The Bertz CT molecular complexity index is 918. The largest absolute Gasteiger partial charge is 0.490 e. The molecule has 0 fully saturated rings. The lowest BCUT2D eigenvalue weighted by Crippen LogP contribution is -2.10. The van der Waals surface area contributed by atoms with Crippen LogP contribution in [-0.2, 0) is 11.2 Å². The summed E-state index contributed by atoms with van der Waals surface area (Å²) in [5.74, 6) is 1.19. The van der Waals surface area contributed by atoms with Gasteiger partial charge in [0.25, 0.3) is 0 Å². The zero-order valence-electron chi connectivity index (χ0n) is 15.9. The molecule has 0 bridgehead atoms. The third-order valence-corrected chi connectivity index (χ3v) is 5.08. The minimum Gasteiger partial charge on any atom is -0.490 e. The van der Waals surface area contributed by atoms with Crippen LogP contribution < -0.4 is 9.47 Å². The van der Waals surface area contributed by atoms with Crippen molar-refractivity contribution in [3.8, 4) is 22.1 Å². The van der Waals surface area contributed by atoms with Crippen molar-refractivity contribution in [2.24, 2.45) is 0 Å². The van der Waals surface area contributed by atoms with Crippen LogP contribution in [0.5, 0.6) is 11.5 Å². The average molecular weight is 397 g/mol. The minimum atomic E-state index is -0.876. The van der Waals surface area contributed by atoms with E-state index in [0.29, 0.717) is 24.8 Å². The topological polar surface area (TPSA) is 68.7 Å². The number of thiazole rings is 1. The molecule has 1 N–H and O–H groups in total. The van der Waals surface area contributed by atoms with Crippen LogP contribution >= 0.6 is 11.3 Å². The second-order valence-electron chi connectivity index (χ2n) is 6.63. The van der Waals surface area contributed by atoms with Gasteiger partial charge in [-0.1, -0.05) is 32.0 Å². The lowest BCUT2D eigenvalue weighted by atomic mass is 10.0. The molecule has 0 aliphatic heterocycles. The molecule has 1 heterocycles. The van der Waals surface area contributed by atoms with E-state index >= 15 is 0 Å². The van der Waals surface area contributed by atoms with Crippen molar-refractivity contribution < 1.29 is 19.4 Å². The summed E-state index contributed by atoms with van der Waals surface area (Å²) in [6.07, 6.45) is -0.0579. The van der Waals surface area contributed by atoms with Gasteiger partial charge in [0.15, 0.2) is 0 Å². The number of para-hydroxylation sites is 1. The first kappa shape index (κ1) is 19.9. The van der Waals surface area contributed by atoms with Gasteiger partial charge in [0.1, 0.15) is 29.7 Å². The fraction of sp³-hybridized carbons (Fsp3) is 0.273. The van der Waals surface area contributed by atoms with Crippen LogP contribution in [0.25, 0.3) is 10.6 Å². The first-order chi connectivity index (χ1) is 13.5. The fourth-order valence-electron chi connectivity index (χ4n) is 2.77. The standard InChI is InChI=1S/C22H23NO4S/c1-15(2)19-5-3-4-6-20(19)27-12-11-26-18-9-7-16(8-10-18)22-23-17(14-28-22)13-21(24)25/h3-10,14-15H,11-13H2,1-2H3,(H,24,25). The summed E-state index contributed by atoms with van der Waals surface area (Å²) in [5.41, 5.74) is 2.71. The van der Waals surface area contributed by atoms with Gasteiger partial charge in [0, 0.05) is 10.9 Å². The summed E-state index contributed by atoms with van der Waals surface area (Å²) in [6.45, 7) is 5.21. The van der Waals surface area contributed by atoms with E-state index in [2.05, 4.69) is 24.9 Å². The van der Waals surface area contributed by atoms with Gasteiger partial charge in [-0.15, -0.1) is 11.3 Å². The van der Waals surface area contributed by atoms with Crippen molar-refractivity contribution in [3.63, 3.8) is 0 Å². The SMILES string of the molecule is CC(C)c1ccccc1OCCOc1ccc(-c2nc(CC(=O)O)cs2)cc1. The molecule has 0 saturated heterocycles. The van der Waals surface area contributed by atoms with Crippen molar-refractivity contribution in [2.45, 2.75) is 26.2 Å². The predicted octanol–water partition coefficient (Wildman–Crippen LogP) is 5.02.